The summed E-state index contributed by atoms with van der Waals surface area (Å²) >= 11 is 1.58. The van der Waals surface area contributed by atoms with Gasteiger partial charge in [-0.15, -0.1) is 0 Å². The lowest BCUT2D eigenvalue weighted by Crippen LogP contribution is -2.34. The number of aromatic nitrogens is 3. The lowest BCUT2D eigenvalue weighted by Gasteiger charge is -2.20. The van der Waals surface area contributed by atoms with E-state index in [9.17, 15) is 4.79 Å². The maximum absolute atomic E-state index is 13.3. The van der Waals surface area contributed by atoms with E-state index in [1.807, 2.05) is 40.3 Å². The van der Waals surface area contributed by atoms with Crippen LogP contribution < -0.4 is 4.90 Å². The normalized spacial score (nSPS) is 11.5. The summed E-state index contributed by atoms with van der Waals surface area (Å²) in [7, 11) is 5.92. The Labute approximate surface area is 164 Å². The first-order chi connectivity index (χ1) is 12.9. The van der Waals surface area contributed by atoms with Crippen LogP contribution in [-0.2, 0) is 13.5 Å². The molecule has 7 heteroatoms. The second-order valence-electron chi connectivity index (χ2n) is 7.10. The summed E-state index contributed by atoms with van der Waals surface area (Å²) in [5.41, 5.74) is 3.60. The van der Waals surface area contributed by atoms with Crippen LogP contribution in [0.25, 0.3) is 10.2 Å². The second kappa shape index (κ2) is 8.19. The highest BCUT2D eigenvalue weighted by molar-refractivity contribution is 7.22. The highest BCUT2D eigenvalue weighted by Crippen LogP contribution is 2.31. The lowest BCUT2D eigenvalue weighted by molar-refractivity contribution is 0.0980. The summed E-state index contributed by atoms with van der Waals surface area (Å²) in [4.78, 5) is 21.9. The van der Waals surface area contributed by atoms with Gasteiger partial charge < -0.3 is 4.90 Å². The highest BCUT2D eigenvalue weighted by atomic mass is 32.1. The van der Waals surface area contributed by atoms with Gasteiger partial charge in [0.2, 0.25) is 0 Å². The third-order valence-corrected chi connectivity index (χ3v) is 5.57. The van der Waals surface area contributed by atoms with Crippen LogP contribution in [0.4, 0.5) is 5.13 Å². The summed E-state index contributed by atoms with van der Waals surface area (Å²) in [6.45, 7) is 5.59. The van der Waals surface area contributed by atoms with Crippen molar-refractivity contribution >= 4 is 32.6 Å². The third-order valence-electron chi connectivity index (χ3n) is 4.53. The number of hydrogen-bond donors (Lipinski definition) is 0. The van der Waals surface area contributed by atoms with Gasteiger partial charge >= 0.3 is 0 Å². The Hall–Kier alpha value is -2.25. The van der Waals surface area contributed by atoms with Gasteiger partial charge in [0.15, 0.2) is 10.8 Å². The number of fused-ring (bicyclic) bond motifs is 1. The predicted octanol–water partition coefficient (Wildman–Crippen LogP) is 3.50. The van der Waals surface area contributed by atoms with Gasteiger partial charge in [-0.25, -0.2) is 4.98 Å². The van der Waals surface area contributed by atoms with E-state index in [4.69, 9.17) is 4.98 Å². The fraction of sp³-hybridized carbons (Fsp3) is 0.450. The van der Waals surface area contributed by atoms with Crippen LogP contribution in [0, 0.1) is 6.92 Å². The van der Waals surface area contributed by atoms with Crippen molar-refractivity contribution in [3.63, 3.8) is 0 Å². The maximum Gasteiger partial charge on any atom is 0.280 e. The molecule has 6 nitrogen and oxygen atoms in total. The Morgan fingerprint density at radius 1 is 1.26 bits per heavy atom. The summed E-state index contributed by atoms with van der Waals surface area (Å²) < 4.78 is 2.81. The molecular weight excluding hydrogens is 358 g/mol. The Morgan fingerprint density at radius 2 is 2.04 bits per heavy atom. The topological polar surface area (TPSA) is 54.3 Å². The van der Waals surface area contributed by atoms with Crippen molar-refractivity contribution in [2.45, 2.75) is 26.7 Å². The molecule has 27 heavy (non-hydrogen) atoms. The van der Waals surface area contributed by atoms with Crippen molar-refractivity contribution in [1.29, 1.82) is 0 Å². The molecule has 0 unspecified atom stereocenters. The van der Waals surface area contributed by atoms with Crippen LogP contribution in [-0.4, -0.2) is 52.8 Å². The third kappa shape index (κ3) is 4.36. The fourth-order valence-electron chi connectivity index (χ4n) is 3.07. The minimum Gasteiger partial charge on any atom is -0.309 e. The molecule has 0 aliphatic carbocycles. The van der Waals surface area contributed by atoms with Crippen LogP contribution in [0.3, 0.4) is 0 Å². The van der Waals surface area contributed by atoms with Crippen molar-refractivity contribution in [2.75, 3.05) is 32.1 Å². The number of hydrogen-bond acceptors (Lipinski definition) is 5. The number of benzene rings is 1. The van der Waals surface area contributed by atoms with Crippen LogP contribution in [0.2, 0.25) is 0 Å². The number of nitrogens with zero attached hydrogens (tertiary/aromatic N) is 5. The quantitative estimate of drug-likeness (QED) is 0.625. The molecule has 0 aliphatic rings. The van der Waals surface area contributed by atoms with Crippen molar-refractivity contribution < 1.29 is 4.79 Å². The number of amides is 1. The summed E-state index contributed by atoms with van der Waals surface area (Å²) in [5.74, 6) is -0.0818. The van der Waals surface area contributed by atoms with Gasteiger partial charge in [0, 0.05) is 25.4 Å². The van der Waals surface area contributed by atoms with Gasteiger partial charge in [-0.05, 0) is 58.1 Å². The van der Waals surface area contributed by atoms with Crippen molar-refractivity contribution in [2.24, 2.45) is 7.05 Å². The Balaban J connectivity index is 1.95. The summed E-state index contributed by atoms with van der Waals surface area (Å²) in [6, 6.07) is 6.32. The monoisotopic (exact) mass is 385 g/mol. The first kappa shape index (κ1) is 19.5. The highest BCUT2D eigenvalue weighted by Gasteiger charge is 2.24. The average Bonchev–Trinajstić information content (AvgIpc) is 3.19. The minimum absolute atomic E-state index is 0.0818. The Bertz CT molecular complexity index is 943. The number of rotatable bonds is 7. The first-order valence-corrected chi connectivity index (χ1v) is 10.1. The van der Waals surface area contributed by atoms with Gasteiger partial charge in [-0.2, -0.15) is 5.10 Å². The smallest absolute Gasteiger partial charge is 0.280 e. The van der Waals surface area contributed by atoms with Gasteiger partial charge in [0.05, 0.1) is 10.2 Å². The molecule has 2 aromatic heterocycles. The zero-order chi connectivity index (χ0) is 19.6. The Morgan fingerprint density at radius 3 is 2.67 bits per heavy atom. The molecule has 0 atom stereocenters. The second-order valence-corrected chi connectivity index (χ2v) is 8.11. The molecule has 2 heterocycles. The van der Waals surface area contributed by atoms with E-state index in [2.05, 4.69) is 29.1 Å². The van der Waals surface area contributed by atoms with E-state index >= 15 is 0 Å². The van der Waals surface area contributed by atoms with Gasteiger partial charge in [-0.3, -0.25) is 14.4 Å². The predicted molar refractivity (Wildman–Crippen MR) is 112 cm³/mol. The summed E-state index contributed by atoms with van der Waals surface area (Å²) in [6.07, 6.45) is 3.74. The maximum atomic E-state index is 13.3. The molecule has 0 radical (unpaired) electrons. The lowest BCUT2D eigenvalue weighted by atomic mass is 10.2. The number of anilines is 1. The van der Waals surface area contributed by atoms with Crippen molar-refractivity contribution in [3.8, 4) is 0 Å². The van der Waals surface area contributed by atoms with E-state index in [1.165, 1.54) is 5.56 Å². The molecule has 0 aliphatic heterocycles. The van der Waals surface area contributed by atoms with Crippen molar-refractivity contribution in [3.05, 3.63) is 41.2 Å². The Kier molecular flexibility index (Phi) is 5.92. The van der Waals surface area contributed by atoms with Crippen LogP contribution in [0.15, 0.2) is 24.4 Å². The standard InChI is InChI=1S/C20H27N5OS/c1-6-15-8-9-16-17(12-15)27-20(21-16)25(11-7-10-23(3)4)19(26)18-14(2)13-24(5)22-18/h8-9,12-13H,6-7,10-11H2,1-5H3. The molecule has 0 spiro atoms. The fourth-order valence-corrected chi connectivity index (χ4v) is 4.12. The number of thiazole rings is 1. The van der Waals surface area contributed by atoms with Crippen LogP contribution in [0.5, 0.6) is 0 Å². The number of carbonyl (C=O) groups is 1. The number of carbonyl (C=O) groups excluding carboxylic acids is 1. The van der Waals surface area contributed by atoms with Crippen LogP contribution >= 0.6 is 11.3 Å². The van der Waals surface area contributed by atoms with Crippen LogP contribution in [0.1, 0.15) is 35.0 Å². The molecule has 0 saturated carbocycles. The van der Waals surface area contributed by atoms with E-state index in [0.717, 1.165) is 40.3 Å². The molecule has 0 bridgehead atoms. The first-order valence-electron chi connectivity index (χ1n) is 9.25. The van der Waals surface area contributed by atoms with E-state index in [0.29, 0.717) is 12.2 Å². The molecule has 3 rings (SSSR count). The molecule has 144 valence electrons. The molecule has 1 amide bonds. The average molecular weight is 386 g/mol. The summed E-state index contributed by atoms with van der Waals surface area (Å²) in [5, 5.41) is 5.12. The van der Waals surface area contributed by atoms with Crippen molar-refractivity contribution in [1.82, 2.24) is 19.7 Å². The van der Waals surface area contributed by atoms with E-state index in [-0.39, 0.29) is 5.91 Å². The van der Waals surface area contributed by atoms with Gasteiger partial charge in [-0.1, -0.05) is 24.3 Å². The SMILES string of the molecule is CCc1ccc2nc(N(CCCN(C)C)C(=O)c3nn(C)cc3C)sc2c1. The van der Waals surface area contributed by atoms with E-state index in [1.54, 1.807) is 20.9 Å². The molecule has 0 fully saturated rings. The molecule has 0 N–H and O–H groups in total. The minimum atomic E-state index is -0.0818. The molecule has 0 saturated heterocycles. The zero-order valence-corrected chi connectivity index (χ0v) is 17.5. The number of aryl methyl sites for hydroxylation is 3. The molecular formula is C20H27N5OS. The largest absolute Gasteiger partial charge is 0.309 e. The van der Waals surface area contributed by atoms with Gasteiger partial charge in [0.1, 0.15) is 0 Å². The molecule has 1 aromatic carbocycles. The zero-order valence-electron chi connectivity index (χ0n) is 16.7. The molecule has 3 aromatic rings. The van der Waals surface area contributed by atoms with Gasteiger partial charge in [0.25, 0.3) is 5.91 Å². The van der Waals surface area contributed by atoms with E-state index < -0.39 is 0 Å².